The highest BCUT2D eigenvalue weighted by atomic mass is 32.2. The van der Waals surface area contributed by atoms with Crippen LogP contribution in [0.3, 0.4) is 0 Å². The number of alkyl halides is 3. The van der Waals surface area contributed by atoms with Gasteiger partial charge in [0.1, 0.15) is 0 Å². The Balaban J connectivity index is 1.54. The molecule has 2 unspecified atom stereocenters. The van der Waals surface area contributed by atoms with Crippen molar-refractivity contribution in [2.75, 3.05) is 6.61 Å². The molecule has 0 spiro atoms. The van der Waals surface area contributed by atoms with Crippen LogP contribution in [0.1, 0.15) is 44.9 Å². The first-order valence-electron chi connectivity index (χ1n) is 8.32. The molecule has 0 aromatic heterocycles. The van der Waals surface area contributed by atoms with Crippen LogP contribution >= 0.6 is 0 Å². The van der Waals surface area contributed by atoms with Crippen molar-refractivity contribution in [1.82, 2.24) is 0 Å². The van der Waals surface area contributed by atoms with Gasteiger partial charge in [0.15, 0.2) is 12.5 Å². The van der Waals surface area contributed by atoms with Crippen molar-refractivity contribution < 1.29 is 36.0 Å². The van der Waals surface area contributed by atoms with Crippen molar-refractivity contribution in [2.45, 2.75) is 62.7 Å². The summed E-state index contributed by atoms with van der Waals surface area (Å²) in [6.07, 6.45) is 0.836. The molecular weight excluding hydrogens is 349 g/mol. The Hall–Kier alpha value is -0.380. The summed E-state index contributed by atoms with van der Waals surface area (Å²) in [7, 11) is -5.82. The van der Waals surface area contributed by atoms with Gasteiger partial charge in [-0.15, -0.1) is 0 Å². The van der Waals surface area contributed by atoms with Gasteiger partial charge >= 0.3 is 15.4 Å². The molecule has 140 valence electrons. The predicted molar refractivity (Wildman–Crippen MR) is 78.6 cm³/mol. The summed E-state index contributed by atoms with van der Waals surface area (Å²) in [6.45, 7) is -0.533. The summed E-state index contributed by atoms with van der Waals surface area (Å²) in [5.41, 5.74) is -0.383. The van der Waals surface area contributed by atoms with Crippen LogP contribution < -0.4 is 0 Å². The highest BCUT2D eigenvalue weighted by Crippen LogP contribution is 2.61. The number of ether oxygens (including phenoxy) is 1. The smallest absolute Gasteiger partial charge is 0.367 e. The van der Waals surface area contributed by atoms with Crippen molar-refractivity contribution in [3.8, 4) is 0 Å². The summed E-state index contributed by atoms with van der Waals surface area (Å²) in [5.74, 6) is 1.69. The fourth-order valence-electron chi connectivity index (χ4n) is 5.27. The minimum Gasteiger partial charge on any atom is -0.367 e. The number of aliphatic hydroxyl groups excluding tert-OH is 1. The molecule has 0 aliphatic heterocycles. The third kappa shape index (κ3) is 3.20. The zero-order valence-corrected chi connectivity index (χ0v) is 14.0. The Kier molecular flexibility index (Phi) is 4.68. The normalized spacial score (nSPS) is 38.3. The first kappa shape index (κ1) is 18.4. The topological polar surface area (TPSA) is 83.8 Å². The quantitative estimate of drug-likeness (QED) is 0.530. The molecule has 2 atom stereocenters. The SMILES string of the molecule is O=S(=O)(O)C(F)(F)C(F)CCOC(O)C12CC3CC(CC(C3)C1)C2. The van der Waals surface area contributed by atoms with E-state index in [9.17, 15) is 26.7 Å². The maximum Gasteiger partial charge on any atom is 0.400 e. The molecule has 4 bridgehead atoms. The molecule has 0 aromatic carbocycles. The van der Waals surface area contributed by atoms with E-state index in [1.807, 2.05) is 0 Å². The van der Waals surface area contributed by atoms with Crippen LogP contribution in [0.5, 0.6) is 0 Å². The minimum atomic E-state index is -5.82. The summed E-state index contributed by atoms with van der Waals surface area (Å²) in [6, 6.07) is 0. The van der Waals surface area contributed by atoms with E-state index in [0.29, 0.717) is 17.8 Å². The second kappa shape index (κ2) is 6.10. The van der Waals surface area contributed by atoms with Gasteiger partial charge in [0.25, 0.3) is 0 Å². The lowest BCUT2D eigenvalue weighted by Gasteiger charge is -2.57. The molecule has 4 aliphatic carbocycles. The summed E-state index contributed by atoms with van der Waals surface area (Å²) >= 11 is 0. The predicted octanol–water partition coefficient (Wildman–Crippen LogP) is 2.75. The molecule has 5 nitrogen and oxygen atoms in total. The van der Waals surface area contributed by atoms with Gasteiger partial charge in [-0.05, 0) is 56.3 Å². The molecule has 4 rings (SSSR count). The van der Waals surface area contributed by atoms with E-state index in [-0.39, 0.29) is 5.41 Å². The molecule has 4 saturated carbocycles. The van der Waals surface area contributed by atoms with Crippen molar-refractivity contribution in [1.29, 1.82) is 0 Å². The number of hydrogen-bond acceptors (Lipinski definition) is 4. The van der Waals surface area contributed by atoms with Gasteiger partial charge in [-0.25, -0.2) is 4.39 Å². The van der Waals surface area contributed by atoms with Crippen molar-refractivity contribution >= 4 is 10.1 Å². The van der Waals surface area contributed by atoms with Crippen molar-refractivity contribution in [3.05, 3.63) is 0 Å². The van der Waals surface area contributed by atoms with Crippen LogP contribution in [0.15, 0.2) is 0 Å². The van der Waals surface area contributed by atoms with Gasteiger partial charge < -0.3 is 9.84 Å². The Morgan fingerprint density at radius 2 is 1.58 bits per heavy atom. The molecule has 24 heavy (non-hydrogen) atoms. The first-order chi connectivity index (χ1) is 11.0. The summed E-state index contributed by atoms with van der Waals surface area (Å²) in [5, 5.41) is 5.52. The summed E-state index contributed by atoms with van der Waals surface area (Å²) < 4.78 is 74.3. The molecule has 0 saturated heterocycles. The Morgan fingerprint density at radius 3 is 2.00 bits per heavy atom. The molecule has 0 radical (unpaired) electrons. The third-order valence-electron chi connectivity index (χ3n) is 5.97. The lowest BCUT2D eigenvalue weighted by atomic mass is 9.49. The zero-order valence-electron chi connectivity index (χ0n) is 13.2. The molecule has 2 N–H and O–H groups in total. The van der Waals surface area contributed by atoms with Gasteiger partial charge in [0.05, 0.1) is 6.61 Å². The van der Waals surface area contributed by atoms with Crippen LogP contribution in [-0.2, 0) is 14.9 Å². The Labute approximate surface area is 139 Å². The van der Waals surface area contributed by atoms with Gasteiger partial charge in [0.2, 0.25) is 0 Å². The minimum absolute atomic E-state index is 0.383. The first-order valence-corrected chi connectivity index (χ1v) is 9.76. The average Bonchev–Trinajstić information content (AvgIpc) is 2.44. The number of aliphatic hydroxyl groups is 1. The second-order valence-electron chi connectivity index (χ2n) is 7.80. The van der Waals surface area contributed by atoms with Gasteiger partial charge in [-0.1, -0.05) is 0 Å². The van der Waals surface area contributed by atoms with Crippen LogP contribution in [0.4, 0.5) is 13.2 Å². The van der Waals surface area contributed by atoms with Gasteiger partial charge in [-0.3, -0.25) is 4.55 Å². The maximum atomic E-state index is 13.4. The van der Waals surface area contributed by atoms with E-state index < -0.39 is 40.9 Å². The molecule has 4 aliphatic rings. The molecule has 0 heterocycles. The van der Waals surface area contributed by atoms with Gasteiger partial charge in [0, 0.05) is 11.8 Å². The lowest BCUT2D eigenvalue weighted by molar-refractivity contribution is -0.230. The van der Waals surface area contributed by atoms with Crippen LogP contribution in [0, 0.1) is 23.2 Å². The standard InChI is InChI=1S/C15H23F3O5S/c16-12(15(17,18)24(20,21)22)1-2-23-13(19)14-6-9-3-10(7-14)5-11(4-9)8-14/h9-13,19H,1-8H2,(H,20,21,22). The van der Waals surface area contributed by atoms with E-state index >= 15 is 0 Å². The fraction of sp³-hybridized carbons (Fsp3) is 1.00. The van der Waals surface area contributed by atoms with E-state index in [0.717, 1.165) is 38.5 Å². The monoisotopic (exact) mass is 372 g/mol. The van der Waals surface area contributed by atoms with Gasteiger partial charge in [-0.2, -0.15) is 17.2 Å². The lowest BCUT2D eigenvalue weighted by Crippen LogP contribution is -2.52. The van der Waals surface area contributed by atoms with E-state index in [4.69, 9.17) is 9.29 Å². The highest BCUT2D eigenvalue weighted by molar-refractivity contribution is 7.86. The molecule has 4 fully saturated rings. The van der Waals surface area contributed by atoms with Crippen LogP contribution in [0.2, 0.25) is 0 Å². The van der Waals surface area contributed by atoms with E-state index in [2.05, 4.69) is 0 Å². The largest absolute Gasteiger partial charge is 0.400 e. The molecule has 0 aromatic rings. The zero-order chi connectivity index (χ0) is 17.8. The van der Waals surface area contributed by atoms with E-state index in [1.54, 1.807) is 0 Å². The molecular formula is C15H23F3O5S. The number of rotatable bonds is 7. The third-order valence-corrected chi connectivity index (χ3v) is 6.91. The average molecular weight is 372 g/mol. The fourth-order valence-corrected chi connectivity index (χ4v) is 5.71. The summed E-state index contributed by atoms with van der Waals surface area (Å²) in [4.78, 5) is 0. The Morgan fingerprint density at radius 1 is 1.12 bits per heavy atom. The maximum absolute atomic E-state index is 13.4. The second-order valence-corrected chi connectivity index (χ2v) is 9.29. The number of halogens is 3. The van der Waals surface area contributed by atoms with Crippen LogP contribution in [-0.4, -0.2) is 42.4 Å². The van der Waals surface area contributed by atoms with Crippen LogP contribution in [0.25, 0.3) is 0 Å². The van der Waals surface area contributed by atoms with E-state index in [1.165, 1.54) is 0 Å². The number of hydrogen-bond donors (Lipinski definition) is 2. The highest BCUT2D eigenvalue weighted by Gasteiger charge is 2.55. The Bertz CT molecular complexity index is 544. The molecule has 0 amide bonds. The molecule has 9 heteroatoms. The van der Waals surface area contributed by atoms with Crippen molar-refractivity contribution in [2.24, 2.45) is 23.2 Å². The van der Waals surface area contributed by atoms with Crippen molar-refractivity contribution in [3.63, 3.8) is 0 Å².